The van der Waals surface area contributed by atoms with Crippen molar-refractivity contribution in [2.24, 2.45) is 0 Å². The largest absolute Gasteiger partial charge is 0.399 e. The molecule has 1 aromatic rings. The first-order chi connectivity index (χ1) is 9.15. The molecule has 3 N–H and O–H groups in total. The van der Waals surface area contributed by atoms with Crippen LogP contribution in [0.1, 0.15) is 25.3 Å². The minimum Gasteiger partial charge on any atom is -0.399 e. The number of hydrogen-bond donors (Lipinski definition) is 2. The highest BCUT2D eigenvalue weighted by atomic mass is 16.1. The molecule has 0 saturated carbocycles. The highest BCUT2D eigenvalue weighted by Gasteiger charge is 2.08. The SMILES string of the molecule is CCCN(CCCc1ccc(N)cc1)CC(=O)NC. The first-order valence-corrected chi connectivity index (χ1v) is 6.93. The van der Waals surface area contributed by atoms with Gasteiger partial charge in [0.15, 0.2) is 0 Å². The van der Waals surface area contributed by atoms with Crippen molar-refractivity contribution >= 4 is 11.6 Å². The summed E-state index contributed by atoms with van der Waals surface area (Å²) in [5.41, 5.74) is 7.76. The lowest BCUT2D eigenvalue weighted by Crippen LogP contribution is -2.36. The van der Waals surface area contributed by atoms with E-state index >= 15 is 0 Å². The Bertz CT molecular complexity index is 375. The second-order valence-corrected chi connectivity index (χ2v) is 4.79. The topological polar surface area (TPSA) is 58.4 Å². The molecule has 0 saturated heterocycles. The molecule has 0 spiro atoms. The zero-order valence-electron chi connectivity index (χ0n) is 12.0. The maximum absolute atomic E-state index is 11.4. The molecule has 1 rings (SSSR count). The Morgan fingerprint density at radius 3 is 2.53 bits per heavy atom. The van der Waals surface area contributed by atoms with Crippen LogP contribution in [-0.2, 0) is 11.2 Å². The molecular formula is C15H25N3O. The average Bonchev–Trinajstić information content (AvgIpc) is 2.41. The zero-order valence-corrected chi connectivity index (χ0v) is 12.0. The number of nitrogens with one attached hydrogen (secondary N) is 1. The van der Waals surface area contributed by atoms with Crippen LogP contribution in [-0.4, -0.2) is 37.5 Å². The van der Waals surface area contributed by atoms with E-state index in [-0.39, 0.29) is 5.91 Å². The molecule has 0 aliphatic carbocycles. The van der Waals surface area contributed by atoms with Crippen molar-refractivity contribution in [3.63, 3.8) is 0 Å². The van der Waals surface area contributed by atoms with E-state index in [4.69, 9.17) is 5.73 Å². The Kier molecular flexibility index (Phi) is 6.97. The van der Waals surface area contributed by atoms with Gasteiger partial charge in [-0.3, -0.25) is 9.69 Å². The number of nitrogen functional groups attached to an aromatic ring is 1. The van der Waals surface area contributed by atoms with Gasteiger partial charge in [0.1, 0.15) is 0 Å². The Morgan fingerprint density at radius 2 is 1.95 bits per heavy atom. The van der Waals surface area contributed by atoms with Crippen LogP contribution in [0.4, 0.5) is 5.69 Å². The fraction of sp³-hybridized carbons (Fsp3) is 0.533. The van der Waals surface area contributed by atoms with E-state index in [9.17, 15) is 4.79 Å². The Balaban J connectivity index is 2.34. The minimum absolute atomic E-state index is 0.0842. The molecule has 1 amide bonds. The Hall–Kier alpha value is -1.55. The van der Waals surface area contributed by atoms with Crippen LogP contribution in [0.15, 0.2) is 24.3 Å². The van der Waals surface area contributed by atoms with Crippen LogP contribution in [0.2, 0.25) is 0 Å². The van der Waals surface area contributed by atoms with Crippen molar-refractivity contribution in [3.8, 4) is 0 Å². The molecule has 0 heterocycles. The molecule has 4 heteroatoms. The molecule has 0 aliphatic heterocycles. The third-order valence-corrected chi connectivity index (χ3v) is 3.11. The van der Waals surface area contributed by atoms with Crippen molar-refractivity contribution < 1.29 is 4.79 Å². The third kappa shape index (κ3) is 6.25. The normalized spacial score (nSPS) is 10.7. The molecule has 0 unspecified atom stereocenters. The molecule has 1 aromatic carbocycles. The number of likely N-dealkylation sites (N-methyl/N-ethyl adjacent to an activating group) is 1. The molecule has 19 heavy (non-hydrogen) atoms. The van der Waals surface area contributed by atoms with Gasteiger partial charge in [-0.25, -0.2) is 0 Å². The Labute approximate surface area is 116 Å². The summed E-state index contributed by atoms with van der Waals surface area (Å²) in [6, 6.07) is 8.00. The summed E-state index contributed by atoms with van der Waals surface area (Å²) in [7, 11) is 1.68. The summed E-state index contributed by atoms with van der Waals surface area (Å²) in [5.74, 6) is 0.0842. The molecule has 0 aromatic heterocycles. The lowest BCUT2D eigenvalue weighted by Gasteiger charge is -2.20. The van der Waals surface area contributed by atoms with E-state index in [0.717, 1.165) is 38.0 Å². The maximum Gasteiger partial charge on any atom is 0.233 e. The van der Waals surface area contributed by atoms with Gasteiger partial charge >= 0.3 is 0 Å². The minimum atomic E-state index is 0.0842. The molecule has 0 atom stereocenters. The molecule has 4 nitrogen and oxygen atoms in total. The van der Waals surface area contributed by atoms with Gasteiger partial charge in [0, 0.05) is 12.7 Å². The lowest BCUT2D eigenvalue weighted by molar-refractivity contribution is -0.121. The Morgan fingerprint density at radius 1 is 1.26 bits per heavy atom. The van der Waals surface area contributed by atoms with Gasteiger partial charge < -0.3 is 11.1 Å². The van der Waals surface area contributed by atoms with Crippen LogP contribution in [0, 0.1) is 0 Å². The summed E-state index contributed by atoms with van der Waals surface area (Å²) >= 11 is 0. The third-order valence-electron chi connectivity index (χ3n) is 3.11. The van der Waals surface area contributed by atoms with Crippen LogP contribution in [0.5, 0.6) is 0 Å². The molecule has 0 bridgehead atoms. The highest BCUT2D eigenvalue weighted by Crippen LogP contribution is 2.08. The summed E-state index contributed by atoms with van der Waals surface area (Å²) in [4.78, 5) is 13.6. The van der Waals surface area contributed by atoms with Crippen LogP contribution < -0.4 is 11.1 Å². The maximum atomic E-state index is 11.4. The fourth-order valence-electron chi connectivity index (χ4n) is 2.06. The quantitative estimate of drug-likeness (QED) is 0.701. The second-order valence-electron chi connectivity index (χ2n) is 4.79. The molecule has 0 radical (unpaired) electrons. The van der Waals surface area contributed by atoms with E-state index in [2.05, 4.69) is 29.3 Å². The van der Waals surface area contributed by atoms with Crippen LogP contribution in [0.3, 0.4) is 0 Å². The van der Waals surface area contributed by atoms with Gasteiger partial charge in [-0.05, 0) is 50.0 Å². The van der Waals surface area contributed by atoms with Gasteiger partial charge in [-0.15, -0.1) is 0 Å². The number of benzene rings is 1. The summed E-state index contributed by atoms with van der Waals surface area (Å²) < 4.78 is 0. The number of aryl methyl sites for hydroxylation is 1. The monoisotopic (exact) mass is 263 g/mol. The number of carbonyl (C=O) groups excluding carboxylic acids is 1. The predicted molar refractivity (Wildman–Crippen MR) is 80.0 cm³/mol. The number of amides is 1. The highest BCUT2D eigenvalue weighted by molar-refractivity contribution is 5.77. The number of carbonyl (C=O) groups is 1. The zero-order chi connectivity index (χ0) is 14.1. The number of nitrogens with zero attached hydrogens (tertiary/aromatic N) is 1. The van der Waals surface area contributed by atoms with E-state index in [1.807, 2.05) is 12.1 Å². The first-order valence-electron chi connectivity index (χ1n) is 6.93. The molecular weight excluding hydrogens is 238 g/mol. The van der Waals surface area contributed by atoms with E-state index in [0.29, 0.717) is 6.54 Å². The summed E-state index contributed by atoms with van der Waals surface area (Å²) in [5, 5.41) is 2.67. The number of nitrogens with two attached hydrogens (primary N) is 1. The summed E-state index contributed by atoms with van der Waals surface area (Å²) in [6.07, 6.45) is 3.15. The second kappa shape index (κ2) is 8.53. The van der Waals surface area contributed by atoms with Gasteiger partial charge in [-0.1, -0.05) is 19.1 Å². The molecule has 106 valence electrons. The molecule has 0 aliphatic rings. The standard InChI is InChI=1S/C15H25N3O/c1-3-10-18(12-15(19)17-2)11-4-5-13-6-8-14(16)9-7-13/h6-9H,3-5,10-12,16H2,1-2H3,(H,17,19). The van der Waals surface area contributed by atoms with Gasteiger partial charge in [-0.2, -0.15) is 0 Å². The van der Waals surface area contributed by atoms with Crippen molar-refractivity contribution in [2.75, 3.05) is 32.4 Å². The van der Waals surface area contributed by atoms with Crippen LogP contribution >= 0.6 is 0 Å². The van der Waals surface area contributed by atoms with Crippen molar-refractivity contribution in [2.45, 2.75) is 26.2 Å². The first kappa shape index (κ1) is 15.5. The van der Waals surface area contributed by atoms with E-state index in [1.54, 1.807) is 7.05 Å². The number of anilines is 1. The van der Waals surface area contributed by atoms with Crippen LogP contribution in [0.25, 0.3) is 0 Å². The van der Waals surface area contributed by atoms with Crippen molar-refractivity contribution in [3.05, 3.63) is 29.8 Å². The van der Waals surface area contributed by atoms with Crippen molar-refractivity contribution in [1.82, 2.24) is 10.2 Å². The smallest absolute Gasteiger partial charge is 0.233 e. The van der Waals surface area contributed by atoms with E-state index < -0.39 is 0 Å². The lowest BCUT2D eigenvalue weighted by atomic mass is 10.1. The fourth-order valence-corrected chi connectivity index (χ4v) is 2.06. The number of rotatable bonds is 8. The molecule has 0 fully saturated rings. The average molecular weight is 263 g/mol. The van der Waals surface area contributed by atoms with Gasteiger partial charge in [0.05, 0.1) is 6.54 Å². The van der Waals surface area contributed by atoms with E-state index in [1.165, 1.54) is 5.56 Å². The summed E-state index contributed by atoms with van der Waals surface area (Å²) in [6.45, 7) is 4.55. The van der Waals surface area contributed by atoms with Gasteiger partial charge in [0.25, 0.3) is 0 Å². The number of hydrogen-bond acceptors (Lipinski definition) is 3. The van der Waals surface area contributed by atoms with Gasteiger partial charge in [0.2, 0.25) is 5.91 Å². The van der Waals surface area contributed by atoms with Crippen molar-refractivity contribution in [1.29, 1.82) is 0 Å². The predicted octanol–water partition coefficient (Wildman–Crippen LogP) is 1.66.